The lowest BCUT2D eigenvalue weighted by Gasteiger charge is -2.13. The first-order valence-electron chi connectivity index (χ1n) is 55.8. The van der Waals surface area contributed by atoms with Crippen molar-refractivity contribution in [3.05, 3.63) is 301 Å². The summed E-state index contributed by atoms with van der Waals surface area (Å²) in [7, 11) is 8.97. The minimum Gasteiger partial charge on any atom is -0.437 e. The number of benzene rings is 6. The lowest BCUT2D eigenvalue weighted by atomic mass is 9.93. The third-order valence-corrected chi connectivity index (χ3v) is 22.7. The van der Waals surface area contributed by atoms with E-state index in [2.05, 4.69) is 99.1 Å². The van der Waals surface area contributed by atoms with Crippen molar-refractivity contribution in [1.29, 1.82) is 0 Å². The van der Waals surface area contributed by atoms with Crippen LogP contribution in [0, 0.1) is 96.6 Å². The van der Waals surface area contributed by atoms with Crippen LogP contribution in [0.1, 0.15) is 222 Å². The number of rotatable bonds is 9. The highest BCUT2D eigenvalue weighted by atomic mass is 16.4. The van der Waals surface area contributed by atoms with Crippen molar-refractivity contribution in [1.82, 2.24) is 19.9 Å². The molecule has 123 heavy (non-hydrogen) atoms. The standard InChI is InChI=1S/2C24H27N2O.C23H25N2O.C22H23N2O.C17H16N/c1-13(2)19-11-20(26(7)12-16(19)5)22-15(4)10-14(3)21-18-9-8-17(6)25-24(18)27-23(21)22;1-13(2)19-11-20(26(7)12-16(19)5)22-14(3)8-9-18-21-15(4)10-17(6)25-24(21)27-23(18)22;1-13(2)19-11-20(25(6)12-15(19)4)21-14(3)7-9-17-18-10-8-16(5)24-23(18)26-22(17)21;1-13(2)16-10-11-24(5)19(12-16)20-14(3)6-8-17-18-9-7-15(4)23-22(18)25-21(17)20;1-13-7-3-5-9-15(13)17-12-11-14-8-4-6-10-16(14)18(17)2/h2*8-13H,1-7H3;7-13H,1-6H3;6-13H,1-5H3;3-12H,1-2H3/q5*+1/i1D3,3D3,5D3,13D;1D3,4D3,5D3,13D;1D3,4D3,13D;1D3,13D;. The molecule has 13 nitrogen and oxygen atoms in total. The monoisotopic (exact) mass is 1660 g/mol. The maximum absolute atomic E-state index is 8.68. The second-order valence-electron chi connectivity index (χ2n) is 31.9. The molecule has 4 atom stereocenters. The molecule has 0 radical (unpaired) electrons. The number of nitrogens with zero attached hydrogens (tertiary/aromatic N) is 9. The molecule has 19 aromatic rings. The second-order valence-corrected chi connectivity index (χ2v) is 31.9. The summed E-state index contributed by atoms with van der Waals surface area (Å²) in [6.45, 7) is -1.73. The van der Waals surface area contributed by atoms with Gasteiger partial charge in [-0.1, -0.05) is 128 Å². The Morgan fingerprint density at radius 1 is 0.309 bits per heavy atom. The average Bonchev–Trinajstić information content (AvgIpc) is 1.56. The summed E-state index contributed by atoms with van der Waals surface area (Å²) in [5.74, 6) is -8.31. The molecule has 4 unspecified atom stereocenters. The highest BCUT2D eigenvalue weighted by molar-refractivity contribution is 6.13. The molecule has 0 saturated heterocycles. The van der Waals surface area contributed by atoms with E-state index in [1.54, 1.807) is 99.7 Å². The van der Waals surface area contributed by atoms with E-state index in [1.165, 1.54) is 103 Å². The molecule has 13 heteroatoms. The summed E-state index contributed by atoms with van der Waals surface area (Å²) in [6, 6.07) is 55.0. The molecular weight excluding hydrogens is 1510 g/mol. The number of hydrogen-bond donors (Lipinski definition) is 0. The van der Waals surface area contributed by atoms with Gasteiger partial charge in [-0.3, -0.25) is 0 Å². The van der Waals surface area contributed by atoms with Crippen LogP contribution in [-0.4, -0.2) is 19.9 Å². The van der Waals surface area contributed by atoms with Crippen LogP contribution >= 0.6 is 0 Å². The summed E-state index contributed by atoms with van der Waals surface area (Å²) in [5.41, 5.74) is 18.8. The third kappa shape index (κ3) is 16.3. The Kier molecular flexibility index (Phi) is 15.2. The van der Waals surface area contributed by atoms with Crippen LogP contribution < -0.4 is 22.8 Å². The SMILES string of the molecule is Cc1ccccc1-c1ccc2ccccc2[n+]1C.[2H]C([2H])([2H])C([2H])(C)c1cc[n+](C)c(-c2c(C)ccc3c2oc2nc(C)ccc23)c1.[2H]C([2H])([2H])c1c[n+](C)c(-c2c(C)cc(C([2H])([2H])[2H])c3c2oc2nc(C)ccc23)cc1C([2H])(C)C([2H])([2H])[2H].[2H]C([2H])([2H])c1c[n+](C)c(-c2c(C)ccc3c2oc2nc(C)cc(C([2H])([2H])[2H])c23)cc1C([2H])(C)C([2H])([2H])[2H].[2H]C([2H])([2H])c1c[n+](C)c(-c2c(C)ccc3c2oc2nc(C)ccc23)cc1C([2H])(C)C([2H])([2H])[2H]. The zero-order chi connectivity index (χ0) is 114. The number of furan rings is 4. The number of fused-ring (bicyclic) bond motifs is 13. The van der Waals surface area contributed by atoms with Gasteiger partial charge in [0.05, 0.1) is 27.6 Å². The summed E-state index contributed by atoms with van der Waals surface area (Å²) in [6.07, 6.45) is 5.84. The molecule has 0 aliphatic rings. The molecule has 0 N–H and O–H groups in total. The largest absolute Gasteiger partial charge is 0.437 e. The Morgan fingerprint density at radius 3 is 1.23 bits per heavy atom. The summed E-state index contributed by atoms with van der Waals surface area (Å²) in [4.78, 5) is 17.8. The van der Waals surface area contributed by atoms with Crippen molar-refractivity contribution in [2.75, 3.05) is 0 Å². The molecule has 13 heterocycles. The zero-order valence-electron chi connectivity index (χ0n) is 103. The van der Waals surface area contributed by atoms with Gasteiger partial charge >= 0.3 is 0 Å². The number of hydrogen-bond acceptors (Lipinski definition) is 8. The molecule has 0 aliphatic heterocycles. The molecule has 0 spiro atoms. The van der Waals surface area contributed by atoms with Gasteiger partial charge in [-0.25, -0.2) is 38.2 Å². The maximum atomic E-state index is 8.68. The van der Waals surface area contributed by atoms with Gasteiger partial charge in [-0.15, -0.1) is 0 Å². The summed E-state index contributed by atoms with van der Waals surface area (Å²) in [5, 5.41) is 6.63. The van der Waals surface area contributed by atoms with Gasteiger partial charge in [0.25, 0.3) is 0 Å². The van der Waals surface area contributed by atoms with Crippen molar-refractivity contribution in [2.24, 2.45) is 35.2 Å². The van der Waals surface area contributed by atoms with Crippen molar-refractivity contribution in [3.63, 3.8) is 0 Å². The van der Waals surface area contributed by atoms with Gasteiger partial charge in [-0.05, 0) is 242 Å². The molecule has 0 bridgehead atoms. The minimum absolute atomic E-state index is 0.0583. The van der Waals surface area contributed by atoms with Gasteiger partial charge in [0.1, 0.15) is 35.2 Å². The Labute approximate surface area is 767 Å². The van der Waals surface area contributed by atoms with Gasteiger partial charge in [-0.2, -0.15) is 4.57 Å². The number of aryl methyl sites for hydroxylation is 19. The van der Waals surface area contributed by atoms with Crippen LogP contribution in [0.4, 0.5) is 0 Å². The van der Waals surface area contributed by atoms with Gasteiger partial charge < -0.3 is 17.7 Å². The fourth-order valence-corrected chi connectivity index (χ4v) is 16.4. The predicted molar refractivity (Wildman–Crippen MR) is 506 cm³/mol. The fraction of sp³-hybridized carbons (Fsp3) is 0.282. The molecule has 0 amide bonds. The quantitative estimate of drug-likeness (QED) is 0.131. The third-order valence-electron chi connectivity index (χ3n) is 22.7. The molecular formula is C110H118N9O4+5. The van der Waals surface area contributed by atoms with Gasteiger partial charge in [0.2, 0.25) is 56.8 Å². The first kappa shape index (κ1) is 54.5. The molecule has 13 aromatic heterocycles. The normalized spacial score (nSPS) is 18.2. The first-order chi connectivity index (χ1) is 70.9. The molecule has 0 aliphatic carbocycles. The van der Waals surface area contributed by atoms with E-state index in [1.807, 2.05) is 94.8 Å². The second kappa shape index (κ2) is 34.2. The first-order valence-corrected chi connectivity index (χ1v) is 40.3. The number of aromatic nitrogens is 9. The Morgan fingerprint density at radius 2 is 0.724 bits per heavy atom. The highest BCUT2D eigenvalue weighted by Crippen LogP contribution is 2.44. The maximum Gasteiger partial charge on any atom is 0.227 e. The smallest absolute Gasteiger partial charge is 0.227 e. The van der Waals surface area contributed by atoms with E-state index in [4.69, 9.17) is 60.2 Å². The van der Waals surface area contributed by atoms with Crippen LogP contribution in [0.25, 0.3) is 155 Å². The predicted octanol–water partition coefficient (Wildman–Crippen LogP) is 26.0. The van der Waals surface area contributed by atoms with Crippen molar-refractivity contribution >= 4 is 99.2 Å². The van der Waals surface area contributed by atoms with Crippen molar-refractivity contribution in [2.45, 2.75) is 175 Å². The minimum atomic E-state index is -2.82. The Hall–Kier alpha value is -12.9. The highest BCUT2D eigenvalue weighted by Gasteiger charge is 2.30. The lowest BCUT2D eigenvalue weighted by molar-refractivity contribution is -0.660. The van der Waals surface area contributed by atoms with Crippen molar-refractivity contribution < 1.29 is 83.0 Å². The Balaban J connectivity index is 0.000000145. The topological polar surface area (TPSA) is 124 Å². The van der Waals surface area contributed by atoms with E-state index in [9.17, 15) is 0 Å². The molecule has 6 aromatic carbocycles. The summed E-state index contributed by atoms with van der Waals surface area (Å²) >= 11 is 0. The summed E-state index contributed by atoms with van der Waals surface area (Å²) < 4.78 is 283. The zero-order valence-corrected chi connectivity index (χ0v) is 72.2. The van der Waals surface area contributed by atoms with E-state index < -0.39 is 85.2 Å². The molecule has 0 fully saturated rings. The van der Waals surface area contributed by atoms with Crippen LogP contribution in [0.2, 0.25) is 0 Å². The van der Waals surface area contributed by atoms with Crippen molar-refractivity contribution in [3.8, 4) is 56.3 Å². The van der Waals surface area contributed by atoms with Crippen LogP contribution in [0.15, 0.2) is 218 Å². The Bertz CT molecular complexity index is 8770. The van der Waals surface area contributed by atoms with Crippen LogP contribution in [0.3, 0.4) is 0 Å². The van der Waals surface area contributed by atoms with Gasteiger partial charge in [0.15, 0.2) is 47.1 Å². The van der Waals surface area contributed by atoms with E-state index in [0.717, 1.165) is 60.9 Å². The van der Waals surface area contributed by atoms with Crippen LogP contribution in [0.5, 0.6) is 0 Å². The lowest BCUT2D eigenvalue weighted by Crippen LogP contribution is -2.32. The van der Waals surface area contributed by atoms with E-state index in [-0.39, 0.29) is 61.5 Å². The fourth-order valence-electron chi connectivity index (χ4n) is 16.4. The molecule has 0 saturated carbocycles. The molecule has 19 rings (SSSR count). The van der Waals surface area contributed by atoms with Gasteiger partial charge in [0, 0.05) is 173 Å². The van der Waals surface area contributed by atoms with E-state index in [0.29, 0.717) is 106 Å². The molecule has 622 valence electrons. The number of pyridine rings is 9. The van der Waals surface area contributed by atoms with E-state index >= 15 is 0 Å². The average molecular weight is 1660 g/mol. The number of para-hydroxylation sites is 1. The van der Waals surface area contributed by atoms with Crippen LogP contribution in [-0.2, 0) is 35.2 Å².